The number of nitrogens with one attached hydrogen (secondary N) is 1. The number of aromatic nitrogens is 1. The Morgan fingerprint density at radius 3 is 2.64 bits per heavy atom. The van der Waals surface area contributed by atoms with Crippen molar-refractivity contribution in [1.82, 2.24) is 15.2 Å². The van der Waals surface area contributed by atoms with Gasteiger partial charge in [-0.05, 0) is 45.4 Å². The second-order valence-corrected chi connectivity index (χ2v) is 7.92. The van der Waals surface area contributed by atoms with Crippen molar-refractivity contribution in [2.45, 2.75) is 38.9 Å². The maximum absolute atomic E-state index is 12.6. The van der Waals surface area contributed by atoms with Crippen LogP contribution in [0.15, 0.2) is 30.3 Å². The molecule has 2 atom stereocenters. The Hall–Kier alpha value is -2.18. The number of amides is 1. The highest BCUT2D eigenvalue weighted by Gasteiger charge is 2.21. The van der Waals surface area contributed by atoms with Gasteiger partial charge in [-0.1, -0.05) is 18.2 Å². The number of para-hydroxylation sites is 1. The lowest BCUT2D eigenvalue weighted by Crippen LogP contribution is -2.45. The average Bonchev–Trinajstić information content (AvgIpc) is 2.65. The van der Waals surface area contributed by atoms with Gasteiger partial charge in [-0.3, -0.25) is 9.69 Å². The predicted octanol–water partition coefficient (Wildman–Crippen LogP) is 2.92. The lowest BCUT2D eigenvalue weighted by molar-refractivity contribution is -0.0681. The van der Waals surface area contributed by atoms with E-state index in [9.17, 15) is 4.79 Å². The van der Waals surface area contributed by atoms with Crippen molar-refractivity contribution in [3.05, 3.63) is 36.0 Å². The van der Waals surface area contributed by atoms with Crippen molar-refractivity contribution >= 4 is 22.5 Å². The SMILES string of the molecule is C[C@@H]1CN(CCCCNC(=O)c2cc(N(C)C)c3ccccc3n2)C[C@H](C)O1. The summed E-state index contributed by atoms with van der Waals surface area (Å²) in [5.41, 5.74) is 2.32. The van der Waals surface area contributed by atoms with E-state index >= 15 is 0 Å². The number of carbonyl (C=O) groups excluding carboxylic acids is 1. The van der Waals surface area contributed by atoms with E-state index in [0.29, 0.717) is 24.4 Å². The molecule has 0 spiro atoms. The summed E-state index contributed by atoms with van der Waals surface area (Å²) in [6.07, 6.45) is 2.62. The molecule has 152 valence electrons. The number of hydrogen-bond acceptors (Lipinski definition) is 5. The number of morpholine rings is 1. The zero-order valence-corrected chi connectivity index (χ0v) is 17.4. The number of carbonyl (C=O) groups is 1. The number of pyridine rings is 1. The number of anilines is 1. The number of benzene rings is 1. The Balaban J connectivity index is 1.51. The molecule has 1 N–H and O–H groups in total. The zero-order valence-electron chi connectivity index (χ0n) is 17.4. The van der Waals surface area contributed by atoms with Gasteiger partial charge >= 0.3 is 0 Å². The largest absolute Gasteiger partial charge is 0.377 e. The first-order chi connectivity index (χ1) is 13.4. The number of hydrogen-bond donors (Lipinski definition) is 1. The molecule has 1 aliphatic heterocycles. The molecule has 0 saturated carbocycles. The number of unbranched alkanes of at least 4 members (excludes halogenated alkanes) is 1. The second kappa shape index (κ2) is 9.34. The Morgan fingerprint density at radius 2 is 1.93 bits per heavy atom. The summed E-state index contributed by atoms with van der Waals surface area (Å²) >= 11 is 0. The van der Waals surface area contributed by atoms with Gasteiger partial charge in [-0.25, -0.2) is 4.98 Å². The predicted molar refractivity (Wildman–Crippen MR) is 114 cm³/mol. The molecule has 3 rings (SSSR count). The Bertz CT molecular complexity index is 798. The van der Waals surface area contributed by atoms with E-state index in [1.807, 2.05) is 49.3 Å². The molecule has 2 heterocycles. The van der Waals surface area contributed by atoms with Crippen molar-refractivity contribution in [1.29, 1.82) is 0 Å². The summed E-state index contributed by atoms with van der Waals surface area (Å²) in [7, 11) is 3.97. The summed E-state index contributed by atoms with van der Waals surface area (Å²) in [5.74, 6) is -0.109. The van der Waals surface area contributed by atoms with Gasteiger partial charge in [0.15, 0.2) is 0 Å². The van der Waals surface area contributed by atoms with Crippen molar-refractivity contribution in [3.8, 4) is 0 Å². The highest BCUT2D eigenvalue weighted by atomic mass is 16.5. The lowest BCUT2D eigenvalue weighted by atomic mass is 10.1. The van der Waals surface area contributed by atoms with Gasteiger partial charge in [0, 0.05) is 44.8 Å². The van der Waals surface area contributed by atoms with Crippen LogP contribution < -0.4 is 10.2 Å². The molecule has 0 aliphatic carbocycles. The molecule has 1 saturated heterocycles. The number of fused-ring (bicyclic) bond motifs is 1. The summed E-state index contributed by atoms with van der Waals surface area (Å²) in [5, 5.41) is 4.08. The fraction of sp³-hybridized carbons (Fsp3) is 0.545. The minimum atomic E-state index is -0.109. The zero-order chi connectivity index (χ0) is 20.1. The van der Waals surface area contributed by atoms with E-state index < -0.39 is 0 Å². The van der Waals surface area contributed by atoms with Crippen molar-refractivity contribution < 1.29 is 9.53 Å². The minimum absolute atomic E-state index is 0.109. The van der Waals surface area contributed by atoms with Crippen LogP contribution in [0.25, 0.3) is 10.9 Å². The van der Waals surface area contributed by atoms with Gasteiger partial charge in [-0.15, -0.1) is 0 Å². The highest BCUT2D eigenvalue weighted by molar-refractivity contribution is 5.99. The standard InChI is InChI=1S/C22H32N4O2/c1-16-14-26(15-17(2)28-16)12-8-7-11-23-22(27)20-13-21(25(3)4)18-9-5-6-10-19(18)24-20/h5-6,9-10,13,16-17H,7-8,11-12,14-15H2,1-4H3,(H,23,27)/t16-,17+. The summed E-state index contributed by atoms with van der Waals surface area (Å²) < 4.78 is 5.77. The van der Waals surface area contributed by atoms with Crippen LogP contribution in [0.1, 0.15) is 37.2 Å². The minimum Gasteiger partial charge on any atom is -0.377 e. The van der Waals surface area contributed by atoms with E-state index in [1.165, 1.54) is 0 Å². The van der Waals surface area contributed by atoms with Gasteiger partial charge < -0.3 is 15.0 Å². The molecule has 1 fully saturated rings. The van der Waals surface area contributed by atoms with E-state index in [1.54, 1.807) is 0 Å². The van der Waals surface area contributed by atoms with Crippen LogP contribution in [-0.4, -0.2) is 68.3 Å². The average molecular weight is 385 g/mol. The molecular weight excluding hydrogens is 352 g/mol. The first-order valence-corrected chi connectivity index (χ1v) is 10.2. The topological polar surface area (TPSA) is 57.7 Å². The number of rotatable bonds is 7. The van der Waals surface area contributed by atoms with Crippen LogP contribution in [0.2, 0.25) is 0 Å². The maximum atomic E-state index is 12.6. The van der Waals surface area contributed by atoms with Crippen LogP contribution >= 0.6 is 0 Å². The van der Waals surface area contributed by atoms with Crippen LogP contribution in [-0.2, 0) is 4.74 Å². The monoisotopic (exact) mass is 384 g/mol. The molecule has 0 radical (unpaired) electrons. The van der Waals surface area contributed by atoms with Gasteiger partial charge in [0.05, 0.1) is 17.7 Å². The van der Waals surface area contributed by atoms with Gasteiger partial charge in [-0.2, -0.15) is 0 Å². The quantitative estimate of drug-likeness (QED) is 0.744. The normalized spacial score (nSPS) is 20.3. The molecule has 0 bridgehead atoms. The molecular formula is C22H32N4O2. The smallest absolute Gasteiger partial charge is 0.269 e. The molecule has 6 heteroatoms. The van der Waals surface area contributed by atoms with E-state index in [-0.39, 0.29) is 5.91 Å². The highest BCUT2D eigenvalue weighted by Crippen LogP contribution is 2.25. The van der Waals surface area contributed by atoms with Gasteiger partial charge in [0.25, 0.3) is 5.91 Å². The van der Waals surface area contributed by atoms with E-state index in [4.69, 9.17) is 4.74 Å². The molecule has 1 amide bonds. The fourth-order valence-corrected chi connectivity index (χ4v) is 3.86. The Kier molecular flexibility index (Phi) is 6.86. The summed E-state index contributed by atoms with van der Waals surface area (Å²) in [4.78, 5) is 21.6. The van der Waals surface area contributed by atoms with E-state index in [2.05, 4.69) is 29.0 Å². The third-order valence-electron chi connectivity index (χ3n) is 5.09. The summed E-state index contributed by atoms with van der Waals surface area (Å²) in [6, 6.07) is 9.79. The van der Waals surface area contributed by atoms with Crippen LogP contribution in [0.5, 0.6) is 0 Å². The van der Waals surface area contributed by atoms with Crippen molar-refractivity contribution in [3.63, 3.8) is 0 Å². The summed E-state index contributed by atoms with van der Waals surface area (Å²) in [6.45, 7) is 7.95. The molecule has 1 aromatic heterocycles. The van der Waals surface area contributed by atoms with E-state index in [0.717, 1.165) is 49.1 Å². The third-order valence-corrected chi connectivity index (χ3v) is 5.09. The molecule has 0 unspecified atom stereocenters. The van der Waals surface area contributed by atoms with Crippen LogP contribution in [0.4, 0.5) is 5.69 Å². The molecule has 2 aromatic rings. The van der Waals surface area contributed by atoms with Crippen molar-refractivity contribution in [2.75, 3.05) is 45.2 Å². The molecule has 1 aromatic carbocycles. The van der Waals surface area contributed by atoms with Gasteiger partial charge in [0.1, 0.15) is 5.69 Å². The third kappa shape index (κ3) is 5.20. The second-order valence-electron chi connectivity index (χ2n) is 7.92. The fourth-order valence-electron chi connectivity index (χ4n) is 3.86. The maximum Gasteiger partial charge on any atom is 0.269 e. The Morgan fingerprint density at radius 1 is 1.21 bits per heavy atom. The van der Waals surface area contributed by atoms with Crippen molar-refractivity contribution in [2.24, 2.45) is 0 Å². The molecule has 6 nitrogen and oxygen atoms in total. The van der Waals surface area contributed by atoms with Crippen LogP contribution in [0, 0.1) is 0 Å². The van der Waals surface area contributed by atoms with Crippen LogP contribution in [0.3, 0.4) is 0 Å². The first-order valence-electron chi connectivity index (χ1n) is 10.2. The first kappa shape index (κ1) is 20.6. The molecule has 28 heavy (non-hydrogen) atoms. The number of ether oxygens (including phenoxy) is 1. The molecule has 1 aliphatic rings. The van der Waals surface area contributed by atoms with Gasteiger partial charge in [0.2, 0.25) is 0 Å². The number of nitrogens with zero attached hydrogens (tertiary/aromatic N) is 3. The Labute approximate surface area is 167 Å². The lowest BCUT2D eigenvalue weighted by Gasteiger charge is -2.35.